The summed E-state index contributed by atoms with van der Waals surface area (Å²) in [5.41, 5.74) is 2.84. The van der Waals surface area contributed by atoms with E-state index in [1.54, 1.807) is 16.8 Å². The van der Waals surface area contributed by atoms with Gasteiger partial charge in [-0.1, -0.05) is 26.0 Å². The van der Waals surface area contributed by atoms with Gasteiger partial charge in [0.1, 0.15) is 11.6 Å². The largest absolute Gasteiger partial charge is 0.493 e. The maximum absolute atomic E-state index is 12.6. The van der Waals surface area contributed by atoms with Crippen LogP contribution in [0.4, 0.5) is 5.82 Å². The van der Waals surface area contributed by atoms with E-state index >= 15 is 0 Å². The van der Waals surface area contributed by atoms with E-state index in [1.807, 2.05) is 31.2 Å². The van der Waals surface area contributed by atoms with Crippen LogP contribution in [-0.2, 0) is 4.79 Å². The number of nitrogens with zero attached hydrogens (tertiary/aromatic N) is 4. The number of aryl methyl sites for hydroxylation is 1. The molecule has 3 heterocycles. The summed E-state index contributed by atoms with van der Waals surface area (Å²) >= 11 is 0. The summed E-state index contributed by atoms with van der Waals surface area (Å²) in [6.45, 7) is 6.81. The number of carbonyl (C=O) groups excluding carboxylic acids is 1. The third-order valence-electron chi connectivity index (χ3n) is 5.00. The molecule has 8 heteroatoms. The highest BCUT2D eigenvalue weighted by Gasteiger charge is 2.33. The molecule has 1 aliphatic heterocycles. The average Bonchev–Trinajstić information content (AvgIpc) is 3.08. The first-order chi connectivity index (χ1) is 14.5. The van der Waals surface area contributed by atoms with Crippen molar-refractivity contribution in [3.8, 4) is 17.4 Å². The van der Waals surface area contributed by atoms with Gasteiger partial charge in [-0.3, -0.25) is 4.79 Å². The maximum Gasteiger partial charge on any atom is 0.233 e. The maximum atomic E-state index is 12.6. The van der Waals surface area contributed by atoms with Crippen molar-refractivity contribution in [2.45, 2.75) is 33.1 Å². The summed E-state index contributed by atoms with van der Waals surface area (Å²) in [7, 11) is 1.54. The van der Waals surface area contributed by atoms with Gasteiger partial charge >= 0.3 is 0 Å². The van der Waals surface area contributed by atoms with Gasteiger partial charge in [-0.25, -0.2) is 0 Å². The minimum atomic E-state index is -0.115. The number of fused-ring (bicyclic) bond motifs is 1. The number of anilines is 1. The number of methoxy groups -OCH3 is 1. The lowest BCUT2D eigenvalue weighted by atomic mass is 9.86. The zero-order valence-electron chi connectivity index (χ0n) is 17.5. The van der Waals surface area contributed by atoms with Gasteiger partial charge in [0.25, 0.3) is 0 Å². The number of hydrogen-bond donors (Lipinski definition) is 1. The van der Waals surface area contributed by atoms with Crippen LogP contribution in [0, 0.1) is 12.8 Å². The Morgan fingerprint density at radius 1 is 1.23 bits per heavy atom. The lowest BCUT2D eigenvalue weighted by Gasteiger charge is -2.24. The smallest absolute Gasteiger partial charge is 0.233 e. The molecule has 1 N–H and O–H groups in total. The monoisotopic (exact) mass is 407 g/mol. The van der Waals surface area contributed by atoms with Crippen LogP contribution < -0.4 is 14.8 Å². The number of nitrogens with one attached hydrogen (secondary N) is 1. The number of ether oxygens (including phenoxy) is 2. The van der Waals surface area contributed by atoms with Crippen molar-refractivity contribution in [1.82, 2.24) is 20.0 Å². The Hall–Kier alpha value is -3.42. The highest BCUT2D eigenvalue weighted by atomic mass is 16.5. The van der Waals surface area contributed by atoms with Gasteiger partial charge in [-0.15, -0.1) is 10.2 Å². The second kappa shape index (κ2) is 8.14. The summed E-state index contributed by atoms with van der Waals surface area (Å²) in [6.07, 6.45) is 0.349. The molecule has 2 aromatic heterocycles. The van der Waals surface area contributed by atoms with E-state index in [2.05, 4.69) is 34.5 Å². The number of aromatic nitrogens is 4. The molecule has 0 spiro atoms. The van der Waals surface area contributed by atoms with Gasteiger partial charge in [0, 0.05) is 24.0 Å². The van der Waals surface area contributed by atoms with Crippen molar-refractivity contribution in [2.75, 3.05) is 19.0 Å². The van der Waals surface area contributed by atoms with Crippen LogP contribution >= 0.6 is 0 Å². The molecule has 156 valence electrons. The molecular formula is C22H25N5O3. The first-order valence-corrected chi connectivity index (χ1v) is 9.96. The predicted molar refractivity (Wildman–Crippen MR) is 112 cm³/mol. The van der Waals surface area contributed by atoms with Crippen molar-refractivity contribution >= 4 is 11.7 Å². The normalized spacial score (nSPS) is 15.6. The molecule has 30 heavy (non-hydrogen) atoms. The predicted octanol–water partition coefficient (Wildman–Crippen LogP) is 3.49. The molecular weight excluding hydrogens is 382 g/mol. The van der Waals surface area contributed by atoms with Gasteiger partial charge in [-0.05, 0) is 36.6 Å². The van der Waals surface area contributed by atoms with E-state index in [-0.39, 0.29) is 11.8 Å². The van der Waals surface area contributed by atoms with Crippen LogP contribution in [0.3, 0.4) is 0 Å². The summed E-state index contributed by atoms with van der Waals surface area (Å²) in [6, 6.07) is 11.4. The lowest BCUT2D eigenvalue weighted by Crippen LogP contribution is -2.25. The molecule has 0 aliphatic carbocycles. The van der Waals surface area contributed by atoms with Crippen LogP contribution in [0.15, 0.2) is 36.4 Å². The van der Waals surface area contributed by atoms with Gasteiger partial charge in [0.2, 0.25) is 11.8 Å². The Labute approximate surface area is 175 Å². The summed E-state index contributed by atoms with van der Waals surface area (Å²) in [5.74, 6) is 2.61. The first-order valence-electron chi connectivity index (χ1n) is 9.96. The Balaban J connectivity index is 1.73. The minimum absolute atomic E-state index is 0.0661. The average molecular weight is 407 g/mol. The quantitative estimate of drug-likeness (QED) is 0.673. The third-order valence-corrected chi connectivity index (χ3v) is 5.00. The van der Waals surface area contributed by atoms with E-state index in [1.165, 1.54) is 7.11 Å². The van der Waals surface area contributed by atoms with Crippen molar-refractivity contribution in [2.24, 2.45) is 5.92 Å². The summed E-state index contributed by atoms with van der Waals surface area (Å²) < 4.78 is 12.6. The molecule has 1 aliphatic rings. The molecule has 4 rings (SSSR count). The van der Waals surface area contributed by atoms with E-state index in [0.29, 0.717) is 36.5 Å². The molecule has 0 saturated carbocycles. The highest BCUT2D eigenvalue weighted by molar-refractivity contribution is 5.95. The molecule has 0 radical (unpaired) electrons. The molecule has 0 fully saturated rings. The van der Waals surface area contributed by atoms with Crippen molar-refractivity contribution in [1.29, 1.82) is 0 Å². The summed E-state index contributed by atoms with van der Waals surface area (Å²) in [4.78, 5) is 12.6. The fourth-order valence-corrected chi connectivity index (χ4v) is 3.62. The molecule has 0 saturated heterocycles. The second-order valence-corrected chi connectivity index (χ2v) is 7.78. The lowest BCUT2D eigenvalue weighted by molar-refractivity contribution is -0.116. The molecule has 1 atom stereocenters. The van der Waals surface area contributed by atoms with Gasteiger partial charge in [0.05, 0.1) is 19.4 Å². The topological polar surface area (TPSA) is 91.2 Å². The van der Waals surface area contributed by atoms with Crippen molar-refractivity contribution in [3.05, 3.63) is 53.2 Å². The van der Waals surface area contributed by atoms with Gasteiger partial charge in [0.15, 0.2) is 5.82 Å². The van der Waals surface area contributed by atoms with Crippen LogP contribution in [0.2, 0.25) is 0 Å². The molecule has 3 aromatic rings. The highest BCUT2D eigenvalue weighted by Crippen LogP contribution is 2.40. The molecule has 1 aromatic carbocycles. The number of amides is 1. The third kappa shape index (κ3) is 3.85. The van der Waals surface area contributed by atoms with Crippen molar-refractivity contribution < 1.29 is 14.3 Å². The van der Waals surface area contributed by atoms with Crippen LogP contribution in [0.25, 0.3) is 5.82 Å². The fourth-order valence-electron chi connectivity index (χ4n) is 3.62. The Bertz CT molecular complexity index is 1060. The van der Waals surface area contributed by atoms with Crippen LogP contribution in [-0.4, -0.2) is 39.6 Å². The fraction of sp³-hybridized carbons (Fsp3) is 0.364. The minimum Gasteiger partial charge on any atom is -0.493 e. The SMILES string of the molecule is COc1ccc(-n2nc(C)c3c2NC(=O)CC3c2cccc(OCC(C)C)c2)nn1. The standard InChI is InChI=1S/C22H25N5O3/c1-13(2)12-30-16-7-5-6-15(10-16)17-11-19(28)23-22-21(17)14(3)26-27(22)18-8-9-20(29-4)25-24-18/h5-10,13,17H,11-12H2,1-4H3,(H,23,28). The number of rotatable bonds is 6. The summed E-state index contributed by atoms with van der Waals surface area (Å²) in [5, 5.41) is 15.8. The van der Waals surface area contributed by atoms with E-state index in [9.17, 15) is 4.79 Å². The van der Waals surface area contributed by atoms with E-state index in [0.717, 1.165) is 22.6 Å². The first kappa shape index (κ1) is 19.9. The van der Waals surface area contributed by atoms with Gasteiger partial charge in [-0.2, -0.15) is 9.78 Å². The zero-order chi connectivity index (χ0) is 21.3. The molecule has 8 nitrogen and oxygen atoms in total. The number of hydrogen-bond acceptors (Lipinski definition) is 6. The van der Waals surface area contributed by atoms with E-state index < -0.39 is 0 Å². The molecule has 1 unspecified atom stereocenters. The Morgan fingerprint density at radius 2 is 2.07 bits per heavy atom. The number of benzene rings is 1. The van der Waals surface area contributed by atoms with Crippen molar-refractivity contribution in [3.63, 3.8) is 0 Å². The number of carbonyl (C=O) groups is 1. The second-order valence-electron chi connectivity index (χ2n) is 7.78. The van der Waals surface area contributed by atoms with Crippen LogP contribution in [0.5, 0.6) is 11.6 Å². The Morgan fingerprint density at radius 3 is 2.77 bits per heavy atom. The molecule has 0 bridgehead atoms. The Kier molecular flexibility index (Phi) is 5.39. The van der Waals surface area contributed by atoms with Crippen LogP contribution in [0.1, 0.15) is 43.0 Å². The zero-order valence-corrected chi connectivity index (χ0v) is 17.5. The molecule has 1 amide bonds. The van der Waals surface area contributed by atoms with E-state index in [4.69, 9.17) is 9.47 Å². The van der Waals surface area contributed by atoms with Gasteiger partial charge < -0.3 is 14.8 Å².